The highest BCUT2D eigenvalue weighted by atomic mass is 32.2. The van der Waals surface area contributed by atoms with Crippen LogP contribution in [0.4, 0.5) is 4.79 Å². The number of nitrogens with zero attached hydrogens (tertiary/aromatic N) is 1. The van der Waals surface area contributed by atoms with Gasteiger partial charge >= 0.3 is 12.1 Å². The Labute approximate surface area is 196 Å². The molecule has 4 rings (SSSR count). The fourth-order valence-corrected chi connectivity index (χ4v) is 5.50. The maximum atomic E-state index is 13.0. The van der Waals surface area contributed by atoms with E-state index in [1.165, 1.54) is 23.8 Å². The van der Waals surface area contributed by atoms with Gasteiger partial charge < -0.3 is 24.8 Å². The number of alkyl carbamates (subject to hydrolysis) is 1. The summed E-state index contributed by atoms with van der Waals surface area (Å²) >= 11 is 1.37. The van der Waals surface area contributed by atoms with Crippen LogP contribution in [0.2, 0.25) is 0 Å². The van der Waals surface area contributed by atoms with Crippen molar-refractivity contribution in [3.05, 3.63) is 59.7 Å². The molecule has 2 aromatic carbocycles. The van der Waals surface area contributed by atoms with Crippen molar-refractivity contribution in [2.24, 2.45) is 0 Å². The van der Waals surface area contributed by atoms with E-state index < -0.39 is 30.1 Å². The van der Waals surface area contributed by atoms with Crippen LogP contribution in [0.15, 0.2) is 48.5 Å². The number of methoxy groups -OCH3 is 1. The molecule has 1 aliphatic carbocycles. The lowest BCUT2D eigenvalue weighted by Crippen LogP contribution is -2.52. The molecule has 2 aromatic rings. The Bertz CT molecular complexity index is 1000. The van der Waals surface area contributed by atoms with E-state index >= 15 is 0 Å². The van der Waals surface area contributed by atoms with Gasteiger partial charge in [-0.15, -0.1) is 11.8 Å². The van der Waals surface area contributed by atoms with E-state index in [-0.39, 0.29) is 31.4 Å². The molecule has 1 aliphatic heterocycles. The second-order valence-electron chi connectivity index (χ2n) is 7.97. The molecule has 0 radical (unpaired) electrons. The molecule has 2 N–H and O–H groups in total. The van der Waals surface area contributed by atoms with E-state index in [4.69, 9.17) is 9.47 Å². The molecule has 1 fully saturated rings. The highest BCUT2D eigenvalue weighted by Gasteiger charge is 2.38. The van der Waals surface area contributed by atoms with Gasteiger partial charge in [-0.25, -0.2) is 9.59 Å². The van der Waals surface area contributed by atoms with Crippen molar-refractivity contribution in [2.75, 3.05) is 32.0 Å². The first-order valence-electron chi connectivity index (χ1n) is 10.7. The number of carbonyl (C=O) groups excluding carboxylic acids is 2. The average molecular weight is 471 g/mol. The van der Waals surface area contributed by atoms with Crippen LogP contribution in [-0.4, -0.2) is 72.0 Å². The van der Waals surface area contributed by atoms with E-state index in [1.54, 1.807) is 0 Å². The van der Waals surface area contributed by atoms with Crippen molar-refractivity contribution >= 4 is 29.7 Å². The lowest BCUT2D eigenvalue weighted by Gasteiger charge is -2.26. The lowest BCUT2D eigenvalue weighted by atomic mass is 9.98. The van der Waals surface area contributed by atoms with Gasteiger partial charge in [0.15, 0.2) is 0 Å². The van der Waals surface area contributed by atoms with Crippen LogP contribution in [0.1, 0.15) is 23.5 Å². The zero-order chi connectivity index (χ0) is 23.4. The van der Waals surface area contributed by atoms with E-state index in [0.29, 0.717) is 5.75 Å². The maximum absolute atomic E-state index is 13.0. The van der Waals surface area contributed by atoms with Crippen molar-refractivity contribution in [3.63, 3.8) is 0 Å². The number of hydrogen-bond donors (Lipinski definition) is 2. The number of carboxylic acid groups (broad SMARTS) is 1. The van der Waals surface area contributed by atoms with Crippen LogP contribution in [0.3, 0.4) is 0 Å². The Balaban J connectivity index is 1.43. The number of carboxylic acids is 1. The summed E-state index contributed by atoms with van der Waals surface area (Å²) in [6.07, 6.45) is -0.502. The molecule has 0 bridgehead atoms. The van der Waals surface area contributed by atoms with Gasteiger partial charge in [0.2, 0.25) is 5.91 Å². The normalized spacial score (nSPS) is 17.8. The molecule has 9 heteroatoms. The summed E-state index contributed by atoms with van der Waals surface area (Å²) < 4.78 is 10.6. The van der Waals surface area contributed by atoms with Crippen LogP contribution in [0.25, 0.3) is 11.1 Å². The fraction of sp³-hybridized carbons (Fsp3) is 0.375. The first-order valence-corrected chi connectivity index (χ1v) is 11.9. The highest BCUT2D eigenvalue weighted by molar-refractivity contribution is 7.99. The van der Waals surface area contributed by atoms with Crippen molar-refractivity contribution in [1.29, 1.82) is 0 Å². The topological polar surface area (TPSA) is 105 Å². The molecule has 2 amide bonds. The number of ether oxygens (including phenoxy) is 2. The zero-order valence-electron chi connectivity index (χ0n) is 18.2. The summed E-state index contributed by atoms with van der Waals surface area (Å²) in [7, 11) is 1.50. The molecule has 0 spiro atoms. The Hall–Kier alpha value is -3.04. The summed E-state index contributed by atoms with van der Waals surface area (Å²) in [6, 6.07) is 14.2. The minimum Gasteiger partial charge on any atom is -0.480 e. The summed E-state index contributed by atoms with van der Waals surface area (Å²) in [5.41, 5.74) is 4.44. The highest BCUT2D eigenvalue weighted by Crippen LogP contribution is 2.44. The summed E-state index contributed by atoms with van der Waals surface area (Å²) in [6.45, 7) is 0.362. The largest absolute Gasteiger partial charge is 0.480 e. The van der Waals surface area contributed by atoms with Crippen LogP contribution in [-0.2, 0) is 19.1 Å². The number of rotatable bonds is 8. The van der Waals surface area contributed by atoms with Crippen molar-refractivity contribution < 1.29 is 29.0 Å². The zero-order valence-corrected chi connectivity index (χ0v) is 19.0. The Kier molecular flexibility index (Phi) is 7.20. The first-order chi connectivity index (χ1) is 16.0. The molecule has 33 heavy (non-hydrogen) atoms. The molecule has 174 valence electrons. The quantitative estimate of drug-likeness (QED) is 0.611. The Morgan fingerprint density at radius 3 is 2.36 bits per heavy atom. The second kappa shape index (κ2) is 10.3. The third kappa shape index (κ3) is 4.84. The molecule has 1 heterocycles. The standard InChI is InChI=1S/C24H26N2O6S/c1-31-11-10-20(22(27)26-14-33-13-21(26)23(28)29)25-24(30)32-12-19-17-8-4-2-6-15(17)16-7-3-5-9-18(16)19/h2-9,19-21H,10-14H2,1H3,(H,25,30)(H,28,29). The van der Waals surface area contributed by atoms with Gasteiger partial charge in [-0.1, -0.05) is 48.5 Å². The number of fused-ring (bicyclic) bond motifs is 3. The predicted octanol–water partition coefficient (Wildman–Crippen LogP) is 2.92. The summed E-state index contributed by atoms with van der Waals surface area (Å²) in [5, 5.41) is 12.0. The van der Waals surface area contributed by atoms with Crippen molar-refractivity contribution in [1.82, 2.24) is 10.2 Å². The molecule has 0 saturated carbocycles. The smallest absolute Gasteiger partial charge is 0.407 e. The van der Waals surface area contributed by atoms with Gasteiger partial charge in [-0.05, 0) is 22.3 Å². The number of nitrogens with one attached hydrogen (secondary N) is 1. The number of amides is 2. The van der Waals surface area contributed by atoms with Gasteiger partial charge in [-0.3, -0.25) is 4.79 Å². The molecule has 2 atom stereocenters. The minimum absolute atomic E-state index is 0.0948. The molecule has 2 aliphatic rings. The molecule has 0 aromatic heterocycles. The van der Waals surface area contributed by atoms with Gasteiger partial charge in [0, 0.05) is 31.8 Å². The van der Waals surface area contributed by atoms with Gasteiger partial charge in [0.25, 0.3) is 0 Å². The summed E-state index contributed by atoms with van der Waals surface area (Å²) in [4.78, 5) is 38.4. The van der Waals surface area contributed by atoms with Crippen LogP contribution in [0.5, 0.6) is 0 Å². The van der Waals surface area contributed by atoms with E-state index in [1.807, 2.05) is 36.4 Å². The molecular formula is C24H26N2O6S. The van der Waals surface area contributed by atoms with E-state index in [9.17, 15) is 19.5 Å². The van der Waals surface area contributed by atoms with E-state index in [0.717, 1.165) is 22.3 Å². The monoisotopic (exact) mass is 470 g/mol. The first kappa shape index (κ1) is 23.1. The SMILES string of the molecule is COCCC(NC(=O)OCC1c2ccccc2-c2ccccc21)C(=O)N1CSCC1C(=O)O. The van der Waals surface area contributed by atoms with Crippen molar-refractivity contribution in [2.45, 2.75) is 24.4 Å². The molecule has 1 saturated heterocycles. The van der Waals surface area contributed by atoms with Gasteiger partial charge in [0.1, 0.15) is 18.7 Å². The van der Waals surface area contributed by atoms with Crippen molar-refractivity contribution in [3.8, 4) is 11.1 Å². The lowest BCUT2D eigenvalue weighted by molar-refractivity contribution is -0.148. The maximum Gasteiger partial charge on any atom is 0.407 e. The Morgan fingerprint density at radius 1 is 1.12 bits per heavy atom. The third-order valence-corrected chi connectivity index (χ3v) is 7.01. The fourth-order valence-electron chi connectivity index (χ4n) is 4.34. The number of carbonyl (C=O) groups is 3. The number of benzene rings is 2. The predicted molar refractivity (Wildman–Crippen MR) is 124 cm³/mol. The number of aliphatic carboxylic acids is 1. The van der Waals surface area contributed by atoms with Crippen LogP contribution >= 0.6 is 11.8 Å². The summed E-state index contributed by atoms with van der Waals surface area (Å²) in [5.74, 6) is -1.00. The van der Waals surface area contributed by atoms with Gasteiger partial charge in [0.05, 0.1) is 5.88 Å². The van der Waals surface area contributed by atoms with Crippen LogP contribution in [0, 0.1) is 0 Å². The molecule has 2 unspecified atom stereocenters. The van der Waals surface area contributed by atoms with Crippen LogP contribution < -0.4 is 5.32 Å². The minimum atomic E-state index is -1.06. The molecule has 8 nitrogen and oxygen atoms in total. The second-order valence-corrected chi connectivity index (χ2v) is 8.97. The number of thioether (sulfide) groups is 1. The Morgan fingerprint density at radius 2 is 1.76 bits per heavy atom. The molecular weight excluding hydrogens is 444 g/mol. The average Bonchev–Trinajstić information content (AvgIpc) is 3.43. The van der Waals surface area contributed by atoms with E-state index in [2.05, 4.69) is 17.4 Å². The third-order valence-electron chi connectivity index (χ3n) is 5.99. The van der Waals surface area contributed by atoms with Gasteiger partial charge in [-0.2, -0.15) is 0 Å². The number of hydrogen-bond acceptors (Lipinski definition) is 6.